The molecule has 0 heterocycles. The molecule has 0 fully saturated rings. The van der Waals surface area contributed by atoms with Crippen molar-refractivity contribution in [1.82, 2.24) is 0 Å². The molecule has 0 aromatic heterocycles. The third kappa shape index (κ3) is 4.69. The van der Waals surface area contributed by atoms with Crippen LogP contribution in [0.1, 0.15) is 31.8 Å². The van der Waals surface area contributed by atoms with Crippen molar-refractivity contribution in [3.05, 3.63) is 70.8 Å². The molecule has 22 heavy (non-hydrogen) atoms. The average molecular weight is 304 g/mol. The van der Waals surface area contributed by atoms with E-state index in [0.29, 0.717) is 0 Å². The quantitative estimate of drug-likeness (QED) is 0.684. The SMILES string of the molecule is O=C(O)c1ccccc1C(=O)O.OCc1ccccc1CO. The number of carbonyl (C=O) groups is 2. The topological polar surface area (TPSA) is 115 Å². The number of hydrogen-bond acceptors (Lipinski definition) is 4. The molecule has 2 rings (SSSR count). The summed E-state index contributed by atoms with van der Waals surface area (Å²) in [5.41, 5.74) is 1.21. The minimum absolute atomic E-state index is 0.00324. The van der Waals surface area contributed by atoms with Crippen LogP contribution < -0.4 is 0 Å². The van der Waals surface area contributed by atoms with Crippen LogP contribution in [0.5, 0.6) is 0 Å². The number of aliphatic hydroxyl groups is 2. The number of carboxylic acid groups (broad SMARTS) is 2. The second kappa shape index (κ2) is 8.56. The van der Waals surface area contributed by atoms with Gasteiger partial charge in [0.2, 0.25) is 0 Å². The zero-order valence-corrected chi connectivity index (χ0v) is 11.6. The number of benzene rings is 2. The third-order valence-corrected chi connectivity index (χ3v) is 2.85. The van der Waals surface area contributed by atoms with E-state index in [1.807, 2.05) is 12.1 Å². The first-order valence-corrected chi connectivity index (χ1v) is 6.35. The first-order valence-electron chi connectivity index (χ1n) is 6.35. The predicted octanol–water partition coefficient (Wildman–Crippen LogP) is 1.75. The Morgan fingerprint density at radius 3 is 1.27 bits per heavy atom. The lowest BCUT2D eigenvalue weighted by molar-refractivity contribution is 0.0651. The summed E-state index contributed by atoms with van der Waals surface area (Å²) in [6.07, 6.45) is 0. The van der Waals surface area contributed by atoms with Crippen LogP contribution >= 0.6 is 0 Å². The van der Waals surface area contributed by atoms with Gasteiger partial charge in [-0.1, -0.05) is 36.4 Å². The summed E-state index contributed by atoms with van der Waals surface area (Å²) >= 11 is 0. The second-order valence-electron chi connectivity index (χ2n) is 4.24. The molecule has 0 aliphatic carbocycles. The Morgan fingerprint density at radius 1 is 0.682 bits per heavy atom. The maximum absolute atomic E-state index is 10.5. The highest BCUT2D eigenvalue weighted by Crippen LogP contribution is 2.08. The molecule has 0 aliphatic rings. The molecule has 4 N–H and O–H groups in total. The molecule has 0 radical (unpaired) electrons. The van der Waals surface area contributed by atoms with Gasteiger partial charge in [0.15, 0.2) is 0 Å². The molecule has 2 aromatic rings. The van der Waals surface area contributed by atoms with E-state index in [0.717, 1.165) is 11.1 Å². The lowest BCUT2D eigenvalue weighted by Crippen LogP contribution is -2.06. The van der Waals surface area contributed by atoms with Gasteiger partial charge in [0.1, 0.15) is 0 Å². The van der Waals surface area contributed by atoms with Crippen molar-refractivity contribution in [3.8, 4) is 0 Å². The number of aliphatic hydroxyl groups excluding tert-OH is 2. The lowest BCUT2D eigenvalue weighted by Gasteiger charge is -2.01. The maximum Gasteiger partial charge on any atom is 0.336 e. The molecular formula is C16H16O6. The zero-order valence-electron chi connectivity index (χ0n) is 11.6. The molecule has 116 valence electrons. The van der Waals surface area contributed by atoms with Crippen LogP contribution in [-0.4, -0.2) is 32.4 Å². The Labute approximate surface area is 126 Å². The fraction of sp³-hybridized carbons (Fsp3) is 0.125. The van der Waals surface area contributed by atoms with Crippen molar-refractivity contribution in [2.24, 2.45) is 0 Å². The van der Waals surface area contributed by atoms with Gasteiger partial charge in [0.25, 0.3) is 0 Å². The summed E-state index contributed by atoms with van der Waals surface area (Å²) in [5.74, 6) is -2.46. The zero-order chi connectivity index (χ0) is 16.5. The van der Waals surface area contributed by atoms with Crippen molar-refractivity contribution in [1.29, 1.82) is 0 Å². The Bertz CT molecular complexity index is 595. The summed E-state index contributed by atoms with van der Waals surface area (Å²) in [4.78, 5) is 20.9. The smallest absolute Gasteiger partial charge is 0.336 e. The molecule has 0 aliphatic heterocycles. The van der Waals surface area contributed by atoms with Gasteiger partial charge in [-0.3, -0.25) is 0 Å². The van der Waals surface area contributed by atoms with Gasteiger partial charge in [0.05, 0.1) is 24.3 Å². The largest absolute Gasteiger partial charge is 0.478 e. The predicted molar refractivity (Wildman–Crippen MR) is 78.6 cm³/mol. The molecule has 0 unspecified atom stereocenters. The van der Waals surface area contributed by atoms with Gasteiger partial charge >= 0.3 is 11.9 Å². The number of carboxylic acids is 2. The van der Waals surface area contributed by atoms with Crippen LogP contribution in [0.2, 0.25) is 0 Å². The molecule has 6 nitrogen and oxygen atoms in total. The van der Waals surface area contributed by atoms with E-state index in [1.54, 1.807) is 12.1 Å². The molecule has 0 atom stereocenters. The molecule has 0 amide bonds. The van der Waals surface area contributed by atoms with Gasteiger partial charge in [-0.25, -0.2) is 9.59 Å². The Morgan fingerprint density at radius 2 is 1.00 bits per heavy atom. The minimum atomic E-state index is -1.23. The van der Waals surface area contributed by atoms with Crippen LogP contribution in [0, 0.1) is 0 Å². The molecule has 0 bridgehead atoms. The van der Waals surface area contributed by atoms with E-state index in [2.05, 4.69) is 0 Å². The van der Waals surface area contributed by atoms with E-state index in [4.69, 9.17) is 20.4 Å². The monoisotopic (exact) mass is 304 g/mol. The summed E-state index contributed by atoms with van der Waals surface area (Å²) in [6.45, 7) is -0.00648. The van der Waals surface area contributed by atoms with E-state index < -0.39 is 11.9 Å². The second-order valence-corrected chi connectivity index (χ2v) is 4.24. The molecular weight excluding hydrogens is 288 g/mol. The Hall–Kier alpha value is -2.70. The van der Waals surface area contributed by atoms with Crippen molar-refractivity contribution in [3.63, 3.8) is 0 Å². The maximum atomic E-state index is 10.5. The van der Waals surface area contributed by atoms with E-state index in [1.165, 1.54) is 24.3 Å². The van der Waals surface area contributed by atoms with Crippen LogP contribution in [0.15, 0.2) is 48.5 Å². The van der Waals surface area contributed by atoms with Crippen molar-refractivity contribution >= 4 is 11.9 Å². The van der Waals surface area contributed by atoms with Crippen LogP contribution in [0.3, 0.4) is 0 Å². The Kier molecular flexibility index (Phi) is 6.75. The van der Waals surface area contributed by atoms with Crippen LogP contribution in [0.25, 0.3) is 0 Å². The van der Waals surface area contributed by atoms with Crippen LogP contribution in [-0.2, 0) is 13.2 Å². The van der Waals surface area contributed by atoms with Gasteiger partial charge < -0.3 is 20.4 Å². The van der Waals surface area contributed by atoms with Crippen molar-refractivity contribution in [2.45, 2.75) is 13.2 Å². The molecule has 6 heteroatoms. The fourth-order valence-corrected chi connectivity index (χ4v) is 1.72. The van der Waals surface area contributed by atoms with E-state index >= 15 is 0 Å². The van der Waals surface area contributed by atoms with Gasteiger partial charge in [-0.15, -0.1) is 0 Å². The molecule has 0 saturated heterocycles. The first-order chi connectivity index (χ1) is 10.5. The Balaban J connectivity index is 0.000000224. The molecule has 0 saturated carbocycles. The molecule has 0 spiro atoms. The summed E-state index contributed by atoms with van der Waals surface area (Å²) < 4.78 is 0. The third-order valence-electron chi connectivity index (χ3n) is 2.85. The summed E-state index contributed by atoms with van der Waals surface area (Å²) in [7, 11) is 0. The van der Waals surface area contributed by atoms with Crippen molar-refractivity contribution in [2.75, 3.05) is 0 Å². The van der Waals surface area contributed by atoms with Crippen molar-refractivity contribution < 1.29 is 30.0 Å². The van der Waals surface area contributed by atoms with E-state index in [9.17, 15) is 9.59 Å². The highest BCUT2D eigenvalue weighted by Gasteiger charge is 2.13. The summed E-state index contributed by atoms with van der Waals surface area (Å²) in [6, 6.07) is 12.7. The summed E-state index contributed by atoms with van der Waals surface area (Å²) in [5, 5.41) is 34.6. The molecule has 2 aromatic carbocycles. The fourth-order valence-electron chi connectivity index (χ4n) is 1.72. The van der Waals surface area contributed by atoms with Gasteiger partial charge in [-0.2, -0.15) is 0 Å². The normalized spacial score (nSPS) is 9.55. The van der Waals surface area contributed by atoms with Crippen LogP contribution in [0.4, 0.5) is 0 Å². The number of hydrogen-bond donors (Lipinski definition) is 4. The highest BCUT2D eigenvalue weighted by molar-refractivity contribution is 6.01. The van der Waals surface area contributed by atoms with Gasteiger partial charge in [0, 0.05) is 0 Å². The minimum Gasteiger partial charge on any atom is -0.478 e. The lowest BCUT2D eigenvalue weighted by atomic mass is 10.1. The van der Waals surface area contributed by atoms with E-state index in [-0.39, 0.29) is 24.3 Å². The first kappa shape index (κ1) is 17.4. The highest BCUT2D eigenvalue weighted by atomic mass is 16.4. The van der Waals surface area contributed by atoms with Gasteiger partial charge in [-0.05, 0) is 23.3 Å². The standard InChI is InChI=1S/C8H6O4.C8H10O2/c9-7(10)5-3-1-2-4-6(5)8(11)12;9-5-7-3-1-2-4-8(7)6-10/h1-4H,(H,9,10)(H,11,12);1-4,9-10H,5-6H2. The average Bonchev–Trinajstić information content (AvgIpc) is 2.55. The number of rotatable bonds is 4. The number of aromatic carboxylic acids is 2.